The van der Waals surface area contributed by atoms with E-state index in [1.54, 1.807) is 18.2 Å². The minimum Gasteiger partial charge on any atom is -0.497 e. The second kappa shape index (κ2) is 8.61. The predicted molar refractivity (Wildman–Crippen MR) is 91.7 cm³/mol. The lowest BCUT2D eigenvalue weighted by Crippen LogP contribution is -2.45. The first-order chi connectivity index (χ1) is 12.4. The Balaban J connectivity index is 2.26. The molecule has 1 aromatic carbocycles. The zero-order valence-corrected chi connectivity index (χ0v) is 14.8. The highest BCUT2D eigenvalue weighted by molar-refractivity contribution is 7.89. The number of hydrogen-bond acceptors (Lipinski definition) is 6. The summed E-state index contributed by atoms with van der Waals surface area (Å²) in [6.07, 6.45) is 6.66. The normalized spacial score (nSPS) is 13.7. The minimum absolute atomic E-state index is 0.106. The first kappa shape index (κ1) is 19.6. The monoisotopic (exact) mass is 381 g/mol. The molecule has 0 unspecified atom stereocenters. The lowest BCUT2D eigenvalue weighted by Gasteiger charge is -2.24. The van der Waals surface area contributed by atoms with Gasteiger partial charge in [0.1, 0.15) is 5.75 Å². The van der Waals surface area contributed by atoms with Gasteiger partial charge < -0.3 is 9.64 Å². The number of amides is 2. The number of hydroxylamine groups is 1. The molecular formula is C16H19N3O6S. The molecule has 2 amide bonds. The van der Waals surface area contributed by atoms with Crippen molar-refractivity contribution in [3.63, 3.8) is 0 Å². The fourth-order valence-electron chi connectivity index (χ4n) is 2.21. The van der Waals surface area contributed by atoms with Crippen LogP contribution in [0, 0.1) is 0 Å². The fraction of sp³-hybridized carbons (Fsp3) is 0.250. The number of carbonyl (C=O) groups is 2. The van der Waals surface area contributed by atoms with Crippen LogP contribution in [-0.4, -0.2) is 61.4 Å². The number of methoxy groups -OCH3 is 1. The molecule has 0 bridgehead atoms. The number of nitrogens with zero attached hydrogens (tertiary/aromatic N) is 2. The quantitative estimate of drug-likeness (QED) is 0.511. The van der Waals surface area contributed by atoms with Gasteiger partial charge in [-0.15, -0.1) is 0 Å². The molecule has 0 radical (unpaired) electrons. The third kappa shape index (κ3) is 4.69. The number of benzene rings is 1. The average Bonchev–Trinajstić information content (AvgIpc) is 2.67. The van der Waals surface area contributed by atoms with Crippen molar-refractivity contribution >= 4 is 21.8 Å². The SMILES string of the molecule is COc1ccc(S(=O)(=O)N(CC(=O)NO)CC(=O)N2C=CC=CC2)cc1. The van der Waals surface area contributed by atoms with Gasteiger partial charge in [0.2, 0.25) is 15.9 Å². The first-order valence-electron chi connectivity index (χ1n) is 7.58. The van der Waals surface area contributed by atoms with E-state index in [1.165, 1.54) is 48.0 Å². The van der Waals surface area contributed by atoms with Crippen molar-refractivity contribution in [1.82, 2.24) is 14.7 Å². The summed E-state index contributed by atoms with van der Waals surface area (Å²) in [5.74, 6) is -0.998. The van der Waals surface area contributed by atoms with Crippen molar-refractivity contribution in [3.05, 3.63) is 48.7 Å². The van der Waals surface area contributed by atoms with E-state index in [9.17, 15) is 18.0 Å². The van der Waals surface area contributed by atoms with Gasteiger partial charge in [-0.2, -0.15) is 4.31 Å². The van der Waals surface area contributed by atoms with Crippen LogP contribution < -0.4 is 10.2 Å². The van der Waals surface area contributed by atoms with Crippen LogP contribution in [0.5, 0.6) is 5.75 Å². The molecule has 1 aliphatic rings. The third-order valence-corrected chi connectivity index (χ3v) is 5.40. The molecular weight excluding hydrogens is 362 g/mol. The molecule has 2 N–H and O–H groups in total. The largest absolute Gasteiger partial charge is 0.497 e. The van der Waals surface area contributed by atoms with Gasteiger partial charge in [-0.25, -0.2) is 13.9 Å². The van der Waals surface area contributed by atoms with E-state index < -0.39 is 34.9 Å². The van der Waals surface area contributed by atoms with Gasteiger partial charge in [0.05, 0.1) is 25.1 Å². The molecule has 9 nitrogen and oxygen atoms in total. The topological polar surface area (TPSA) is 116 Å². The number of carbonyl (C=O) groups excluding carboxylic acids is 2. The summed E-state index contributed by atoms with van der Waals surface area (Å²) in [5, 5.41) is 8.72. The Hall–Kier alpha value is -2.69. The van der Waals surface area contributed by atoms with Crippen LogP contribution in [0.2, 0.25) is 0 Å². The zero-order chi connectivity index (χ0) is 19.2. The summed E-state index contributed by atoms with van der Waals surface area (Å²) in [6.45, 7) is -0.956. The smallest absolute Gasteiger partial charge is 0.258 e. The van der Waals surface area contributed by atoms with E-state index in [0.29, 0.717) is 16.6 Å². The molecule has 1 aliphatic heterocycles. The van der Waals surface area contributed by atoms with Gasteiger partial charge in [0.15, 0.2) is 0 Å². The molecule has 1 aromatic rings. The maximum absolute atomic E-state index is 12.8. The third-order valence-electron chi connectivity index (χ3n) is 3.59. The highest BCUT2D eigenvalue weighted by Gasteiger charge is 2.30. The number of sulfonamides is 1. The summed E-state index contributed by atoms with van der Waals surface area (Å²) >= 11 is 0. The summed E-state index contributed by atoms with van der Waals surface area (Å²) in [6, 6.07) is 5.53. The molecule has 2 rings (SSSR count). The fourth-order valence-corrected chi connectivity index (χ4v) is 3.56. The Morgan fingerprint density at radius 2 is 1.92 bits per heavy atom. The Kier molecular flexibility index (Phi) is 6.50. The van der Waals surface area contributed by atoms with Crippen LogP contribution in [0.25, 0.3) is 0 Å². The van der Waals surface area contributed by atoms with Crippen molar-refractivity contribution in [2.45, 2.75) is 4.90 Å². The van der Waals surface area contributed by atoms with Crippen LogP contribution in [0.15, 0.2) is 53.6 Å². The number of nitrogens with one attached hydrogen (secondary N) is 1. The van der Waals surface area contributed by atoms with Gasteiger partial charge in [-0.1, -0.05) is 12.2 Å². The molecule has 26 heavy (non-hydrogen) atoms. The van der Waals surface area contributed by atoms with Crippen LogP contribution in [0.4, 0.5) is 0 Å². The highest BCUT2D eigenvalue weighted by atomic mass is 32.2. The van der Waals surface area contributed by atoms with Crippen molar-refractivity contribution in [2.75, 3.05) is 26.7 Å². The maximum Gasteiger partial charge on any atom is 0.258 e. The summed E-state index contributed by atoms with van der Waals surface area (Å²) < 4.78 is 31.3. The van der Waals surface area contributed by atoms with Crippen molar-refractivity contribution in [2.24, 2.45) is 0 Å². The zero-order valence-electron chi connectivity index (χ0n) is 14.0. The van der Waals surface area contributed by atoms with Gasteiger partial charge in [0, 0.05) is 12.7 Å². The lowest BCUT2D eigenvalue weighted by molar-refractivity contribution is -0.131. The molecule has 0 fully saturated rings. The molecule has 10 heteroatoms. The summed E-state index contributed by atoms with van der Waals surface area (Å²) in [4.78, 5) is 25.1. The van der Waals surface area contributed by atoms with Crippen LogP contribution in [-0.2, 0) is 19.6 Å². The number of ether oxygens (including phenoxy) is 1. The molecule has 0 saturated heterocycles. The van der Waals surface area contributed by atoms with Gasteiger partial charge in [-0.05, 0) is 30.3 Å². The molecule has 0 atom stereocenters. The Bertz CT molecular complexity index is 817. The molecule has 0 aromatic heterocycles. The first-order valence-corrected chi connectivity index (χ1v) is 9.02. The molecule has 0 aliphatic carbocycles. The second-order valence-corrected chi connectivity index (χ2v) is 7.24. The molecule has 0 spiro atoms. The minimum atomic E-state index is -4.15. The van der Waals surface area contributed by atoms with E-state index in [4.69, 9.17) is 9.94 Å². The predicted octanol–water partition coefficient (Wildman–Crippen LogP) is 0.103. The number of rotatable bonds is 7. The lowest BCUT2D eigenvalue weighted by atomic mass is 10.3. The van der Waals surface area contributed by atoms with Crippen molar-refractivity contribution < 1.29 is 28.0 Å². The average molecular weight is 381 g/mol. The summed E-state index contributed by atoms with van der Waals surface area (Å²) in [5.41, 5.74) is 1.37. The second-order valence-electron chi connectivity index (χ2n) is 5.30. The Labute approximate surface area is 151 Å². The Morgan fingerprint density at radius 1 is 1.23 bits per heavy atom. The van der Waals surface area contributed by atoms with E-state index in [0.717, 1.165) is 0 Å². The highest BCUT2D eigenvalue weighted by Crippen LogP contribution is 2.19. The van der Waals surface area contributed by atoms with Gasteiger partial charge in [-0.3, -0.25) is 14.8 Å². The maximum atomic E-state index is 12.8. The van der Waals surface area contributed by atoms with E-state index in [1.807, 2.05) is 0 Å². The van der Waals surface area contributed by atoms with Crippen LogP contribution in [0.1, 0.15) is 0 Å². The van der Waals surface area contributed by atoms with E-state index >= 15 is 0 Å². The van der Waals surface area contributed by atoms with Crippen molar-refractivity contribution in [3.8, 4) is 5.75 Å². The molecule has 140 valence electrons. The molecule has 0 saturated carbocycles. The van der Waals surface area contributed by atoms with Crippen LogP contribution in [0.3, 0.4) is 0 Å². The van der Waals surface area contributed by atoms with Crippen LogP contribution >= 0.6 is 0 Å². The van der Waals surface area contributed by atoms with E-state index in [-0.39, 0.29) is 4.90 Å². The number of hydrogen-bond donors (Lipinski definition) is 2. The summed E-state index contributed by atoms with van der Waals surface area (Å²) in [7, 11) is -2.70. The Morgan fingerprint density at radius 3 is 2.46 bits per heavy atom. The molecule has 1 heterocycles. The van der Waals surface area contributed by atoms with Gasteiger partial charge >= 0.3 is 0 Å². The van der Waals surface area contributed by atoms with Crippen molar-refractivity contribution in [1.29, 1.82) is 0 Å². The standard InChI is InChI=1S/C16H19N3O6S/c1-25-13-5-7-14(8-6-13)26(23,24)19(11-15(20)17-22)12-16(21)18-9-3-2-4-10-18/h2-9,22H,10-12H2,1H3,(H,17,20). The number of allylic oxidation sites excluding steroid dienone is 2. The van der Waals surface area contributed by atoms with Gasteiger partial charge in [0.25, 0.3) is 5.91 Å². The van der Waals surface area contributed by atoms with E-state index in [2.05, 4.69) is 0 Å².